The van der Waals surface area contributed by atoms with Crippen LogP contribution in [0.15, 0.2) is 66.2 Å². The number of aromatic nitrogens is 1. The van der Waals surface area contributed by atoms with Gasteiger partial charge in [0.2, 0.25) is 21.8 Å². The number of methoxy groups -OCH3 is 1. The highest BCUT2D eigenvalue weighted by atomic mass is 32.2. The van der Waals surface area contributed by atoms with E-state index in [0.717, 1.165) is 30.4 Å². The van der Waals surface area contributed by atoms with Crippen molar-refractivity contribution in [2.45, 2.75) is 133 Å². The van der Waals surface area contributed by atoms with Crippen LogP contribution in [-0.4, -0.2) is 89.8 Å². The average Bonchev–Trinajstić information content (AvgIpc) is 4.13. The smallest absolute Gasteiger partial charge is 0.408 e. The van der Waals surface area contributed by atoms with Crippen LogP contribution in [0.25, 0.3) is 22.2 Å². The van der Waals surface area contributed by atoms with Crippen LogP contribution in [0.3, 0.4) is 0 Å². The summed E-state index contributed by atoms with van der Waals surface area (Å²) < 4.78 is 46.6. The number of hydrogen-bond acceptors (Lipinski definition) is 10. The number of carbonyl (C=O) groups is 4. The van der Waals surface area contributed by atoms with Crippen molar-refractivity contribution in [3.8, 4) is 22.8 Å². The molecule has 1 aliphatic heterocycles. The van der Waals surface area contributed by atoms with Gasteiger partial charge >= 0.3 is 6.09 Å². The lowest BCUT2D eigenvalue weighted by Gasteiger charge is -2.36. The topological polar surface area (TPSA) is 182 Å². The van der Waals surface area contributed by atoms with Gasteiger partial charge in [-0.15, -0.1) is 0 Å². The molecule has 7 rings (SSSR count). The van der Waals surface area contributed by atoms with Crippen LogP contribution in [0.1, 0.15) is 99.3 Å². The minimum Gasteiger partial charge on any atom is -0.497 e. The van der Waals surface area contributed by atoms with E-state index in [1.807, 2.05) is 54.6 Å². The maximum Gasteiger partial charge on any atom is 0.408 e. The summed E-state index contributed by atoms with van der Waals surface area (Å²) in [6, 6.07) is 14.6. The number of amides is 4. The van der Waals surface area contributed by atoms with Gasteiger partial charge in [-0.2, -0.15) is 0 Å². The molecule has 3 atom stereocenters. The first-order chi connectivity index (χ1) is 28.2. The summed E-state index contributed by atoms with van der Waals surface area (Å²) in [7, 11) is -2.51. The van der Waals surface area contributed by atoms with Gasteiger partial charge in [-0.05, 0) is 89.7 Å². The quantitative estimate of drug-likeness (QED) is 0.175. The highest BCUT2D eigenvalue weighted by molar-refractivity contribution is 7.92. The van der Waals surface area contributed by atoms with Crippen LogP contribution >= 0.6 is 0 Å². The molecular weight excluding hydrogens is 787 g/mol. The number of allylic oxidation sites excluding steroid dienone is 1. The molecule has 4 aliphatic rings. The Kier molecular flexibility index (Phi) is 11.5. The molecule has 1 aromatic heterocycles. The molecule has 3 fully saturated rings. The van der Waals surface area contributed by atoms with Crippen molar-refractivity contribution >= 4 is 44.7 Å². The molecule has 0 bridgehead atoms. The summed E-state index contributed by atoms with van der Waals surface area (Å²) in [4.78, 5) is 62.5. The third kappa shape index (κ3) is 8.96. The predicted octanol–water partition coefficient (Wildman–Crippen LogP) is 6.33. The zero-order chi connectivity index (χ0) is 43.3. The highest BCUT2D eigenvalue weighted by Gasteiger charge is 2.61. The summed E-state index contributed by atoms with van der Waals surface area (Å²) in [5, 5.41) is 6.29. The maximum absolute atomic E-state index is 14.7. The summed E-state index contributed by atoms with van der Waals surface area (Å²) >= 11 is 0. The molecule has 4 amide bonds. The van der Waals surface area contributed by atoms with E-state index < -0.39 is 73.3 Å². The molecule has 1 saturated heterocycles. The summed E-state index contributed by atoms with van der Waals surface area (Å²) in [5.41, 5.74) is -0.143. The Balaban J connectivity index is 1.18. The van der Waals surface area contributed by atoms with E-state index in [1.54, 1.807) is 54.7 Å². The Labute approximate surface area is 352 Å². The fraction of sp³-hybridized carbons (Fsp3) is 0.533. The number of ether oxygens (including phenoxy) is 3. The lowest BCUT2D eigenvalue weighted by Crippen LogP contribution is -2.60. The van der Waals surface area contributed by atoms with Crippen molar-refractivity contribution in [2.24, 2.45) is 5.41 Å². The fourth-order valence-electron chi connectivity index (χ4n) is 8.25. The van der Waals surface area contributed by atoms with E-state index in [0.29, 0.717) is 47.4 Å². The number of fused-ring (bicyclic) bond motifs is 1. The zero-order valence-electron chi connectivity index (χ0n) is 35.6. The van der Waals surface area contributed by atoms with Crippen LogP contribution in [-0.2, 0) is 29.1 Å². The van der Waals surface area contributed by atoms with Crippen LogP contribution in [0.2, 0.25) is 0 Å². The van der Waals surface area contributed by atoms with Crippen LogP contribution in [0.4, 0.5) is 4.79 Å². The minimum atomic E-state index is -4.08. The molecule has 60 heavy (non-hydrogen) atoms. The van der Waals surface area contributed by atoms with Crippen LogP contribution < -0.4 is 24.8 Å². The Morgan fingerprint density at radius 3 is 2.25 bits per heavy atom. The van der Waals surface area contributed by atoms with Crippen molar-refractivity contribution in [2.75, 3.05) is 13.7 Å². The van der Waals surface area contributed by atoms with Crippen molar-refractivity contribution in [1.29, 1.82) is 0 Å². The minimum absolute atomic E-state index is 0.0364. The number of pyridine rings is 1. The van der Waals surface area contributed by atoms with Crippen molar-refractivity contribution in [3.05, 3.63) is 66.2 Å². The largest absolute Gasteiger partial charge is 0.497 e. The second kappa shape index (κ2) is 16.0. The zero-order valence-corrected chi connectivity index (χ0v) is 36.4. The van der Waals surface area contributed by atoms with Gasteiger partial charge in [-0.3, -0.25) is 19.1 Å². The number of rotatable bonds is 12. The van der Waals surface area contributed by atoms with E-state index in [4.69, 9.17) is 19.2 Å². The molecule has 0 radical (unpaired) electrons. The van der Waals surface area contributed by atoms with Crippen LogP contribution in [0, 0.1) is 5.41 Å². The molecule has 15 heteroatoms. The van der Waals surface area contributed by atoms with E-state index in [-0.39, 0.29) is 25.8 Å². The Hall–Kier alpha value is -5.18. The van der Waals surface area contributed by atoms with Gasteiger partial charge in [-0.25, -0.2) is 18.2 Å². The van der Waals surface area contributed by atoms with E-state index in [9.17, 15) is 27.6 Å². The summed E-state index contributed by atoms with van der Waals surface area (Å²) in [5.74, 6) is -0.870. The number of nitrogens with one attached hydrogen (secondary N) is 3. The van der Waals surface area contributed by atoms with Gasteiger partial charge in [0.15, 0.2) is 0 Å². The first-order valence-corrected chi connectivity index (χ1v) is 22.3. The van der Waals surface area contributed by atoms with Crippen LogP contribution in [0.5, 0.6) is 11.5 Å². The number of sulfonamides is 1. The van der Waals surface area contributed by atoms with Gasteiger partial charge in [0.05, 0.1) is 24.9 Å². The molecular formula is C45H57N5O9S. The molecule has 3 aromatic rings. The van der Waals surface area contributed by atoms with Gasteiger partial charge < -0.3 is 29.7 Å². The number of likely N-dealkylation sites (tertiary alicyclic amines) is 1. The predicted molar refractivity (Wildman–Crippen MR) is 227 cm³/mol. The Bertz CT molecular complexity index is 2310. The monoisotopic (exact) mass is 843 g/mol. The first kappa shape index (κ1) is 42.9. The summed E-state index contributed by atoms with van der Waals surface area (Å²) in [6.45, 7) is 10.5. The highest BCUT2D eigenvalue weighted by Crippen LogP contribution is 2.52. The number of alkyl carbamates (subject to hydrolysis) is 1. The summed E-state index contributed by atoms with van der Waals surface area (Å²) in [6.07, 6.45) is 5.28. The number of benzene rings is 2. The average molecular weight is 844 g/mol. The van der Waals surface area contributed by atoms with Gasteiger partial charge in [-0.1, -0.05) is 62.8 Å². The number of nitrogens with zero attached hydrogens (tertiary/aromatic N) is 2. The number of hydrogen-bond donors (Lipinski definition) is 3. The van der Waals surface area contributed by atoms with Gasteiger partial charge in [0, 0.05) is 29.5 Å². The van der Waals surface area contributed by atoms with Crippen molar-refractivity contribution in [1.82, 2.24) is 25.2 Å². The van der Waals surface area contributed by atoms with E-state index in [1.165, 1.54) is 4.90 Å². The lowest BCUT2D eigenvalue weighted by atomic mass is 9.85. The molecule has 2 saturated carbocycles. The lowest BCUT2D eigenvalue weighted by molar-refractivity contribution is -0.143. The third-order valence-corrected chi connectivity index (χ3v) is 14.0. The molecule has 0 spiro atoms. The van der Waals surface area contributed by atoms with Gasteiger partial charge in [0.1, 0.15) is 45.6 Å². The standard InChI is InChI=1S/C45H57N5O9S/c1-42(2,3)37(47-41(54)59-43(4,5)6)39(52)50-27-31(58-36-26-33(28-14-10-8-11-15-28)46-34-24-30(57-7)18-19-32(34)36)25-35(50)38(51)48-44(20-21-44)40(53)49-60(55,56)45(22-23-45)29-16-12-9-13-17-29/h8,10-11,14-16,18-19,24,26,31,35,37H,9,12-13,17,20-23,25,27H2,1-7H3,(H,47,54)(H,48,51)(H,49,53). The fourth-order valence-corrected chi connectivity index (χ4v) is 10.1. The SMILES string of the molecule is COc1ccc2c(OC3CC(C(=O)NC4(C(=O)NS(=O)(=O)C5(C6=CCCCC6)CC5)CC4)N(C(=O)C(NC(=O)OC(C)(C)C)C(C)(C)C)C3)cc(-c3ccccc3)nc2c1. The third-order valence-electron chi connectivity index (χ3n) is 11.8. The molecule has 3 N–H and O–H groups in total. The normalized spacial score (nSPS) is 21.2. The molecule has 14 nitrogen and oxygen atoms in total. The van der Waals surface area contributed by atoms with E-state index >= 15 is 0 Å². The number of carbonyl (C=O) groups excluding carboxylic acids is 4. The molecule has 2 heterocycles. The Morgan fingerprint density at radius 1 is 0.933 bits per heavy atom. The van der Waals surface area contributed by atoms with Crippen molar-refractivity contribution in [3.63, 3.8) is 0 Å². The maximum atomic E-state index is 14.7. The van der Waals surface area contributed by atoms with E-state index in [2.05, 4.69) is 15.4 Å². The van der Waals surface area contributed by atoms with Crippen molar-refractivity contribution < 1.29 is 41.8 Å². The second-order valence-electron chi connectivity index (χ2n) is 18.7. The molecule has 3 unspecified atom stereocenters. The molecule has 3 aliphatic carbocycles. The Morgan fingerprint density at radius 2 is 1.65 bits per heavy atom. The first-order valence-electron chi connectivity index (χ1n) is 20.8. The second-order valence-corrected chi connectivity index (χ2v) is 20.6. The molecule has 322 valence electrons. The van der Waals surface area contributed by atoms with Gasteiger partial charge in [0.25, 0.3) is 5.91 Å². The molecule has 2 aromatic carbocycles.